The molecule has 1 amide bonds. The van der Waals surface area contributed by atoms with E-state index in [0.29, 0.717) is 5.69 Å². The van der Waals surface area contributed by atoms with Crippen LogP contribution in [0.25, 0.3) is 0 Å². The van der Waals surface area contributed by atoms with Gasteiger partial charge >= 0.3 is 0 Å². The second-order valence-corrected chi connectivity index (χ2v) is 4.00. The highest BCUT2D eigenvalue weighted by Crippen LogP contribution is 2.27. The van der Waals surface area contributed by atoms with E-state index in [1.54, 1.807) is 0 Å². The van der Waals surface area contributed by atoms with Gasteiger partial charge in [-0.1, -0.05) is 6.07 Å². The lowest BCUT2D eigenvalue weighted by atomic mass is 10.1. The van der Waals surface area contributed by atoms with E-state index in [0.717, 1.165) is 0 Å². The Bertz CT molecular complexity index is 528. The number of aliphatic carboxylic acids is 1. The van der Waals surface area contributed by atoms with E-state index in [2.05, 4.69) is 0 Å². The maximum Gasteiger partial charge on any atom is 0.271 e. The molecule has 1 heterocycles. The van der Waals surface area contributed by atoms with Crippen LogP contribution in [0.3, 0.4) is 0 Å². The Morgan fingerprint density at radius 3 is 2.72 bits per heavy atom. The third-order valence-corrected chi connectivity index (χ3v) is 2.81. The largest absolute Gasteiger partial charge is 0.550 e. The van der Waals surface area contributed by atoms with Crippen molar-refractivity contribution in [1.82, 2.24) is 0 Å². The van der Waals surface area contributed by atoms with Gasteiger partial charge in [0.2, 0.25) is 5.91 Å². The topological polar surface area (TPSA) is 104 Å². The van der Waals surface area contributed by atoms with Gasteiger partial charge in [-0.05, 0) is 6.07 Å². The Morgan fingerprint density at radius 2 is 2.17 bits per heavy atom. The number of non-ortho nitro benzene ring substituents is 1. The van der Waals surface area contributed by atoms with Crippen molar-refractivity contribution in [2.24, 2.45) is 5.92 Å². The fourth-order valence-corrected chi connectivity index (χ4v) is 1.89. The summed E-state index contributed by atoms with van der Waals surface area (Å²) in [5.41, 5.74) is 0.190. The Balaban J connectivity index is 2.27. The third kappa shape index (κ3) is 2.15. The summed E-state index contributed by atoms with van der Waals surface area (Å²) in [6.45, 7) is -0.0116. The quantitative estimate of drug-likeness (QED) is 0.540. The predicted molar refractivity (Wildman–Crippen MR) is 58.6 cm³/mol. The number of nitrogens with zero attached hydrogens (tertiary/aromatic N) is 2. The Labute approximate surface area is 102 Å². The van der Waals surface area contributed by atoms with Crippen molar-refractivity contribution in [2.75, 3.05) is 11.4 Å². The van der Waals surface area contributed by atoms with Crippen LogP contribution < -0.4 is 10.0 Å². The second-order valence-electron chi connectivity index (χ2n) is 4.00. The molecule has 0 bridgehead atoms. The SMILES string of the molecule is O=C([O-])[C@H]1CC(=O)N(c2cccc([N+](=O)[O-])c2)C1. The second kappa shape index (κ2) is 4.44. The Morgan fingerprint density at radius 1 is 1.44 bits per heavy atom. The van der Waals surface area contributed by atoms with Crippen LogP contribution in [0.5, 0.6) is 0 Å². The number of carboxylic acids is 1. The van der Waals surface area contributed by atoms with Gasteiger partial charge in [0.25, 0.3) is 5.69 Å². The summed E-state index contributed by atoms with van der Waals surface area (Å²) in [5, 5.41) is 21.3. The molecule has 0 radical (unpaired) electrons. The molecule has 2 rings (SSSR count). The molecule has 1 fully saturated rings. The van der Waals surface area contributed by atoms with Gasteiger partial charge in [-0.25, -0.2) is 0 Å². The summed E-state index contributed by atoms with van der Waals surface area (Å²) >= 11 is 0. The summed E-state index contributed by atoms with van der Waals surface area (Å²) in [7, 11) is 0. The first-order chi connectivity index (χ1) is 8.49. The standard InChI is InChI=1S/C11H10N2O5/c14-10-4-7(11(15)16)6-12(10)8-2-1-3-9(5-8)13(17)18/h1-3,5,7H,4,6H2,(H,15,16)/p-1/t7-/m0/s1. The van der Waals surface area contributed by atoms with E-state index in [1.165, 1.54) is 29.2 Å². The zero-order valence-electron chi connectivity index (χ0n) is 9.24. The molecule has 0 unspecified atom stereocenters. The molecule has 1 atom stereocenters. The minimum absolute atomic E-state index is 0.0116. The molecular weight excluding hydrogens is 240 g/mol. The highest BCUT2D eigenvalue weighted by atomic mass is 16.6. The number of nitro groups is 1. The number of carbonyl (C=O) groups is 2. The van der Waals surface area contributed by atoms with E-state index < -0.39 is 16.8 Å². The molecule has 1 aromatic carbocycles. The van der Waals surface area contributed by atoms with E-state index in [4.69, 9.17) is 0 Å². The minimum Gasteiger partial charge on any atom is -0.550 e. The number of hydrogen-bond acceptors (Lipinski definition) is 5. The molecule has 18 heavy (non-hydrogen) atoms. The lowest BCUT2D eigenvalue weighted by molar-refractivity contribution is -0.384. The number of benzene rings is 1. The van der Waals surface area contributed by atoms with Crippen LogP contribution in [0.2, 0.25) is 0 Å². The summed E-state index contributed by atoms with van der Waals surface area (Å²) in [6.07, 6.45) is -0.134. The highest BCUT2D eigenvalue weighted by molar-refractivity contribution is 5.99. The van der Waals surface area contributed by atoms with E-state index in [9.17, 15) is 24.8 Å². The average molecular weight is 249 g/mol. The van der Waals surface area contributed by atoms with Crippen molar-refractivity contribution in [1.29, 1.82) is 0 Å². The van der Waals surface area contributed by atoms with Crippen LogP contribution in [-0.4, -0.2) is 23.3 Å². The summed E-state index contributed by atoms with van der Waals surface area (Å²) in [6, 6.07) is 5.53. The van der Waals surface area contributed by atoms with Crippen LogP contribution in [0.15, 0.2) is 24.3 Å². The van der Waals surface area contributed by atoms with Crippen LogP contribution in [0.4, 0.5) is 11.4 Å². The molecule has 94 valence electrons. The maximum absolute atomic E-state index is 11.6. The molecule has 0 N–H and O–H groups in total. The number of rotatable bonds is 3. The van der Waals surface area contributed by atoms with Gasteiger partial charge in [-0.15, -0.1) is 0 Å². The van der Waals surface area contributed by atoms with Crippen molar-refractivity contribution in [3.05, 3.63) is 34.4 Å². The molecule has 7 heteroatoms. The van der Waals surface area contributed by atoms with Gasteiger partial charge in [0.15, 0.2) is 0 Å². The van der Waals surface area contributed by atoms with E-state index >= 15 is 0 Å². The maximum atomic E-state index is 11.6. The first kappa shape index (κ1) is 12.0. The van der Waals surface area contributed by atoms with Crippen molar-refractivity contribution < 1.29 is 19.6 Å². The molecule has 1 aliphatic heterocycles. The fraction of sp³-hybridized carbons (Fsp3) is 0.273. The smallest absolute Gasteiger partial charge is 0.271 e. The van der Waals surface area contributed by atoms with Crippen molar-refractivity contribution >= 4 is 23.3 Å². The number of nitro benzene ring substituents is 1. The zero-order valence-corrected chi connectivity index (χ0v) is 9.24. The van der Waals surface area contributed by atoms with Crippen LogP contribution in [0.1, 0.15) is 6.42 Å². The van der Waals surface area contributed by atoms with Crippen molar-refractivity contribution in [3.8, 4) is 0 Å². The van der Waals surface area contributed by atoms with Gasteiger partial charge in [0.05, 0.1) is 10.6 Å². The molecule has 0 aromatic heterocycles. The number of carboxylic acid groups (broad SMARTS) is 1. The number of anilines is 1. The molecule has 1 aliphatic rings. The van der Waals surface area contributed by atoms with Gasteiger partial charge in [0.1, 0.15) is 0 Å². The van der Waals surface area contributed by atoms with Gasteiger partial charge in [-0.2, -0.15) is 0 Å². The van der Waals surface area contributed by atoms with Crippen LogP contribution >= 0.6 is 0 Å². The monoisotopic (exact) mass is 249 g/mol. The van der Waals surface area contributed by atoms with Crippen molar-refractivity contribution in [3.63, 3.8) is 0 Å². The van der Waals surface area contributed by atoms with E-state index in [1.807, 2.05) is 0 Å². The summed E-state index contributed by atoms with van der Waals surface area (Å²) in [5.74, 6) is -2.52. The Kier molecular flexibility index (Phi) is 2.97. The fourth-order valence-electron chi connectivity index (χ4n) is 1.89. The van der Waals surface area contributed by atoms with Gasteiger partial charge in [0, 0.05) is 37.0 Å². The number of carbonyl (C=O) groups excluding carboxylic acids is 2. The molecule has 1 aromatic rings. The van der Waals surface area contributed by atoms with Gasteiger partial charge < -0.3 is 14.8 Å². The van der Waals surface area contributed by atoms with Crippen LogP contribution in [0, 0.1) is 16.0 Å². The zero-order chi connectivity index (χ0) is 13.3. The Hall–Kier alpha value is -2.44. The summed E-state index contributed by atoms with van der Waals surface area (Å²) < 4.78 is 0. The number of hydrogen-bond donors (Lipinski definition) is 0. The minimum atomic E-state index is -1.28. The molecule has 0 spiro atoms. The molecule has 1 saturated heterocycles. The first-order valence-corrected chi connectivity index (χ1v) is 5.24. The van der Waals surface area contributed by atoms with Gasteiger partial charge in [-0.3, -0.25) is 14.9 Å². The molecule has 0 aliphatic carbocycles. The lowest BCUT2D eigenvalue weighted by Gasteiger charge is -2.16. The normalized spacial score (nSPS) is 19.0. The predicted octanol–water partition coefficient (Wildman–Crippen LogP) is -0.302. The summed E-state index contributed by atoms with van der Waals surface area (Å²) in [4.78, 5) is 33.6. The van der Waals surface area contributed by atoms with Crippen LogP contribution in [-0.2, 0) is 9.59 Å². The van der Waals surface area contributed by atoms with Crippen molar-refractivity contribution in [2.45, 2.75) is 6.42 Å². The third-order valence-electron chi connectivity index (χ3n) is 2.81. The molecular formula is C11H9N2O5-. The first-order valence-electron chi connectivity index (χ1n) is 5.24. The lowest BCUT2D eigenvalue weighted by Crippen LogP contribution is -2.33. The average Bonchev–Trinajstić information content (AvgIpc) is 2.72. The van der Waals surface area contributed by atoms with E-state index in [-0.39, 0.29) is 24.6 Å². The molecule has 7 nitrogen and oxygen atoms in total. The molecule has 0 saturated carbocycles. The highest BCUT2D eigenvalue weighted by Gasteiger charge is 2.31. The number of amides is 1.